The quantitative estimate of drug-likeness (QED) is 0.799. The maximum atomic E-state index is 11.3. The zero-order valence-corrected chi connectivity index (χ0v) is 11.1. The Hall–Kier alpha value is -0.630. The molecule has 0 aromatic carbocycles. The molecule has 2 N–H and O–H groups in total. The number of rotatable bonds is 3. The third-order valence-electron chi connectivity index (χ3n) is 1.76. The van der Waals surface area contributed by atoms with Crippen molar-refractivity contribution in [1.82, 2.24) is 9.97 Å². The van der Waals surface area contributed by atoms with E-state index < -0.39 is 5.60 Å². The summed E-state index contributed by atoms with van der Waals surface area (Å²) in [6.07, 6.45) is 1.36. The molecule has 0 aliphatic heterocycles. The zero-order valence-electron chi connectivity index (χ0n) is 8.91. The van der Waals surface area contributed by atoms with Gasteiger partial charge in [-0.3, -0.25) is 4.79 Å². The Bertz CT molecular complexity index is 397. The monoisotopic (exact) mass is 323 g/mol. The fraction of sp³-hybridized carbons (Fsp3) is 0.556. The molecular formula is C9H14IN3O2. The molecule has 0 amide bonds. The van der Waals surface area contributed by atoms with Crippen LogP contribution in [0.2, 0.25) is 0 Å². The van der Waals surface area contributed by atoms with Gasteiger partial charge in [0, 0.05) is 13.6 Å². The molecule has 0 aliphatic carbocycles. The van der Waals surface area contributed by atoms with Gasteiger partial charge < -0.3 is 15.0 Å². The van der Waals surface area contributed by atoms with Gasteiger partial charge in [-0.25, -0.2) is 4.98 Å². The van der Waals surface area contributed by atoms with E-state index in [1.54, 1.807) is 25.8 Å². The van der Waals surface area contributed by atoms with Gasteiger partial charge in [0.25, 0.3) is 5.56 Å². The fourth-order valence-electron chi connectivity index (χ4n) is 1.30. The number of nitrogens with zero attached hydrogens (tertiary/aromatic N) is 2. The minimum atomic E-state index is -0.817. The average Bonchev–Trinajstić information content (AvgIpc) is 2.06. The molecule has 6 heteroatoms. The lowest BCUT2D eigenvalue weighted by Gasteiger charge is -2.26. The zero-order chi connectivity index (χ0) is 11.6. The molecule has 1 heterocycles. The van der Waals surface area contributed by atoms with Crippen LogP contribution in [0.1, 0.15) is 13.8 Å². The number of nitrogens with one attached hydrogen (secondary N) is 1. The van der Waals surface area contributed by atoms with E-state index in [9.17, 15) is 9.90 Å². The van der Waals surface area contributed by atoms with Crippen LogP contribution in [-0.2, 0) is 0 Å². The number of anilines is 1. The first-order chi connectivity index (χ1) is 6.81. The molecule has 15 heavy (non-hydrogen) atoms. The molecule has 0 radical (unpaired) electrons. The second-order valence-electron chi connectivity index (χ2n) is 4.04. The maximum absolute atomic E-state index is 11.3. The van der Waals surface area contributed by atoms with Crippen LogP contribution in [0.5, 0.6) is 0 Å². The van der Waals surface area contributed by atoms with Crippen molar-refractivity contribution in [2.75, 3.05) is 18.5 Å². The molecule has 0 fully saturated rings. The van der Waals surface area contributed by atoms with E-state index in [1.165, 1.54) is 6.33 Å². The van der Waals surface area contributed by atoms with E-state index >= 15 is 0 Å². The Kier molecular flexibility index (Phi) is 3.72. The Balaban J connectivity index is 2.97. The van der Waals surface area contributed by atoms with Crippen LogP contribution in [0.4, 0.5) is 5.82 Å². The van der Waals surface area contributed by atoms with Crippen molar-refractivity contribution in [2.24, 2.45) is 0 Å². The molecule has 0 spiro atoms. The smallest absolute Gasteiger partial charge is 0.266 e. The van der Waals surface area contributed by atoms with Crippen molar-refractivity contribution in [3.05, 3.63) is 20.3 Å². The summed E-state index contributed by atoms with van der Waals surface area (Å²) in [6.45, 7) is 3.84. The first-order valence-electron chi connectivity index (χ1n) is 4.48. The molecule has 0 aliphatic rings. The van der Waals surface area contributed by atoms with Gasteiger partial charge >= 0.3 is 0 Å². The highest BCUT2D eigenvalue weighted by molar-refractivity contribution is 14.1. The van der Waals surface area contributed by atoms with Gasteiger partial charge in [-0.15, -0.1) is 0 Å². The van der Waals surface area contributed by atoms with Crippen molar-refractivity contribution >= 4 is 28.4 Å². The number of halogens is 1. The Labute approximate surface area is 102 Å². The Morgan fingerprint density at radius 1 is 1.67 bits per heavy atom. The first kappa shape index (κ1) is 12.4. The second-order valence-corrected chi connectivity index (χ2v) is 5.12. The molecule has 0 unspecified atom stereocenters. The lowest BCUT2D eigenvalue weighted by Crippen LogP contribution is -2.37. The van der Waals surface area contributed by atoms with E-state index in [-0.39, 0.29) is 5.56 Å². The average molecular weight is 323 g/mol. The van der Waals surface area contributed by atoms with Gasteiger partial charge in [0.05, 0.1) is 11.9 Å². The van der Waals surface area contributed by atoms with E-state index in [1.807, 2.05) is 22.6 Å². The Morgan fingerprint density at radius 3 is 2.80 bits per heavy atom. The van der Waals surface area contributed by atoms with Crippen LogP contribution >= 0.6 is 22.6 Å². The van der Waals surface area contributed by atoms with E-state index in [2.05, 4.69) is 9.97 Å². The second kappa shape index (κ2) is 4.48. The third-order valence-corrected chi connectivity index (χ3v) is 2.74. The minimum absolute atomic E-state index is 0.164. The number of H-pyrrole nitrogens is 1. The highest BCUT2D eigenvalue weighted by Crippen LogP contribution is 2.16. The van der Waals surface area contributed by atoms with Crippen molar-refractivity contribution < 1.29 is 5.11 Å². The number of aromatic nitrogens is 2. The lowest BCUT2D eigenvalue weighted by atomic mass is 10.1. The molecule has 0 saturated carbocycles. The van der Waals surface area contributed by atoms with Crippen LogP contribution in [0.15, 0.2) is 11.1 Å². The van der Waals surface area contributed by atoms with Crippen molar-refractivity contribution in [1.29, 1.82) is 0 Å². The SMILES string of the molecule is CN(CC(C)(C)O)c1nc[nH]c(=O)c1I. The Morgan fingerprint density at radius 2 is 2.27 bits per heavy atom. The lowest BCUT2D eigenvalue weighted by molar-refractivity contribution is 0.0884. The number of aliphatic hydroxyl groups is 1. The third kappa shape index (κ3) is 3.45. The summed E-state index contributed by atoms with van der Waals surface area (Å²) in [5, 5.41) is 9.65. The standard InChI is InChI=1S/C9H14IN3O2/c1-9(2,15)4-13(3)7-6(10)8(14)12-5-11-7/h5,15H,4H2,1-3H3,(H,11,12,14). The summed E-state index contributed by atoms with van der Waals surface area (Å²) in [5.41, 5.74) is -0.981. The number of aromatic amines is 1. The van der Waals surface area contributed by atoms with E-state index in [4.69, 9.17) is 0 Å². The van der Waals surface area contributed by atoms with Crippen LogP contribution in [-0.4, -0.2) is 34.3 Å². The summed E-state index contributed by atoms with van der Waals surface area (Å²) < 4.78 is 0.529. The molecule has 84 valence electrons. The largest absolute Gasteiger partial charge is 0.389 e. The first-order valence-corrected chi connectivity index (χ1v) is 5.56. The molecule has 0 atom stereocenters. The van der Waals surface area contributed by atoms with Gasteiger partial charge in [-0.1, -0.05) is 0 Å². The highest BCUT2D eigenvalue weighted by atomic mass is 127. The van der Waals surface area contributed by atoms with E-state index in [0.717, 1.165) is 0 Å². The number of likely N-dealkylation sites (N-methyl/N-ethyl adjacent to an activating group) is 1. The van der Waals surface area contributed by atoms with Crippen LogP contribution in [0.25, 0.3) is 0 Å². The fourth-order valence-corrected chi connectivity index (χ4v) is 2.00. The summed E-state index contributed by atoms with van der Waals surface area (Å²) >= 11 is 1.94. The van der Waals surface area contributed by atoms with Crippen LogP contribution in [0, 0.1) is 3.57 Å². The molecule has 1 aromatic heterocycles. The van der Waals surface area contributed by atoms with Gasteiger partial charge in [0.1, 0.15) is 9.39 Å². The maximum Gasteiger partial charge on any atom is 0.266 e. The predicted octanol–water partition coefficient (Wildman–Crippen LogP) is 0.582. The highest BCUT2D eigenvalue weighted by Gasteiger charge is 2.18. The normalized spacial score (nSPS) is 11.5. The molecular weight excluding hydrogens is 309 g/mol. The molecule has 5 nitrogen and oxygen atoms in total. The van der Waals surface area contributed by atoms with Gasteiger partial charge in [0.15, 0.2) is 0 Å². The van der Waals surface area contributed by atoms with E-state index in [0.29, 0.717) is 15.9 Å². The number of hydrogen-bond donors (Lipinski definition) is 2. The minimum Gasteiger partial charge on any atom is -0.389 e. The number of hydrogen-bond acceptors (Lipinski definition) is 4. The molecule has 0 saturated heterocycles. The summed E-state index contributed by atoms with van der Waals surface area (Å²) in [6, 6.07) is 0. The summed E-state index contributed by atoms with van der Waals surface area (Å²) in [5.74, 6) is 0.585. The molecule has 0 bridgehead atoms. The van der Waals surface area contributed by atoms with Crippen molar-refractivity contribution in [3.8, 4) is 0 Å². The van der Waals surface area contributed by atoms with Crippen molar-refractivity contribution in [2.45, 2.75) is 19.4 Å². The summed E-state index contributed by atoms with van der Waals surface area (Å²) in [7, 11) is 1.79. The van der Waals surface area contributed by atoms with Crippen molar-refractivity contribution in [3.63, 3.8) is 0 Å². The van der Waals surface area contributed by atoms with Gasteiger partial charge in [-0.2, -0.15) is 0 Å². The van der Waals surface area contributed by atoms with Crippen LogP contribution in [0.3, 0.4) is 0 Å². The van der Waals surface area contributed by atoms with Crippen LogP contribution < -0.4 is 10.5 Å². The van der Waals surface area contributed by atoms with Gasteiger partial charge in [0.2, 0.25) is 0 Å². The summed E-state index contributed by atoms with van der Waals surface area (Å²) in [4.78, 5) is 19.6. The van der Waals surface area contributed by atoms with Gasteiger partial charge in [-0.05, 0) is 36.4 Å². The predicted molar refractivity (Wildman–Crippen MR) is 67.1 cm³/mol. The molecule has 1 rings (SSSR count). The topological polar surface area (TPSA) is 69.2 Å². The molecule has 1 aromatic rings.